The van der Waals surface area contributed by atoms with E-state index in [4.69, 9.17) is 4.74 Å². The van der Waals surface area contributed by atoms with Crippen LogP contribution in [0.25, 0.3) is 0 Å². The molecule has 6 nitrogen and oxygen atoms in total. The van der Waals surface area contributed by atoms with E-state index in [0.717, 1.165) is 36.8 Å². The lowest BCUT2D eigenvalue weighted by molar-refractivity contribution is -0.915. The van der Waals surface area contributed by atoms with Gasteiger partial charge >= 0.3 is 0 Å². The molecule has 0 aliphatic carbocycles. The Morgan fingerprint density at radius 1 is 0.964 bits per heavy atom. The predicted molar refractivity (Wildman–Crippen MR) is 103 cm³/mol. The third kappa shape index (κ3) is 3.45. The highest BCUT2D eigenvalue weighted by molar-refractivity contribution is 6.21. The molecule has 1 N–H and O–H groups in total. The van der Waals surface area contributed by atoms with Crippen LogP contribution in [0.3, 0.4) is 0 Å². The van der Waals surface area contributed by atoms with E-state index in [9.17, 15) is 14.0 Å². The number of carbonyl (C=O) groups excluding carboxylic acids is 2. The minimum absolute atomic E-state index is 0.139. The maximum Gasteiger partial charge on any atom is 0.292 e. The van der Waals surface area contributed by atoms with Crippen molar-refractivity contribution < 1.29 is 23.6 Å². The molecule has 2 aromatic carbocycles. The summed E-state index contributed by atoms with van der Waals surface area (Å²) in [5.74, 6) is 0.137. The molecule has 1 atom stereocenters. The van der Waals surface area contributed by atoms with Crippen molar-refractivity contribution in [1.29, 1.82) is 0 Å². The van der Waals surface area contributed by atoms with Gasteiger partial charge in [0, 0.05) is 5.69 Å². The number of rotatable bonds is 4. The number of methoxy groups -OCH3 is 1. The minimum atomic E-state index is -0.343. The maximum absolute atomic E-state index is 13.1. The zero-order valence-corrected chi connectivity index (χ0v) is 15.7. The Kier molecular flexibility index (Phi) is 5.00. The number of hydrogen-bond donors (Lipinski definition) is 1. The molecule has 4 rings (SSSR count). The Morgan fingerprint density at radius 2 is 1.57 bits per heavy atom. The summed E-state index contributed by atoms with van der Waals surface area (Å²) in [6.07, 6.45) is 0.233. The van der Waals surface area contributed by atoms with Crippen molar-refractivity contribution in [2.45, 2.75) is 12.5 Å². The van der Waals surface area contributed by atoms with Crippen molar-refractivity contribution in [1.82, 2.24) is 0 Å². The Balaban J connectivity index is 1.42. The summed E-state index contributed by atoms with van der Waals surface area (Å²) in [4.78, 5) is 30.1. The van der Waals surface area contributed by atoms with E-state index in [1.807, 2.05) is 0 Å². The van der Waals surface area contributed by atoms with Gasteiger partial charge in [-0.3, -0.25) is 9.59 Å². The van der Waals surface area contributed by atoms with Crippen LogP contribution in [-0.4, -0.2) is 51.1 Å². The smallest absolute Gasteiger partial charge is 0.292 e. The van der Waals surface area contributed by atoms with Crippen LogP contribution < -0.4 is 19.4 Å². The van der Waals surface area contributed by atoms with Gasteiger partial charge < -0.3 is 14.5 Å². The molecule has 0 radical (unpaired) electrons. The topological polar surface area (TPSA) is 54.3 Å². The summed E-state index contributed by atoms with van der Waals surface area (Å²) < 4.78 is 18.3. The lowest BCUT2D eigenvalue weighted by Crippen LogP contribution is -3.19. The van der Waals surface area contributed by atoms with Crippen LogP contribution in [-0.2, 0) is 9.59 Å². The first-order valence-electron chi connectivity index (χ1n) is 9.43. The number of ether oxygens (including phenoxy) is 1. The maximum atomic E-state index is 13.1. The van der Waals surface area contributed by atoms with Crippen LogP contribution in [0.15, 0.2) is 48.5 Å². The fourth-order valence-corrected chi connectivity index (χ4v) is 4.01. The molecule has 0 spiro atoms. The summed E-state index contributed by atoms with van der Waals surface area (Å²) in [5, 5.41) is 0. The molecule has 2 aliphatic heterocycles. The van der Waals surface area contributed by atoms with Crippen molar-refractivity contribution in [2.75, 3.05) is 43.1 Å². The number of quaternary nitrogens is 1. The summed E-state index contributed by atoms with van der Waals surface area (Å²) in [6.45, 7) is 3.05. The van der Waals surface area contributed by atoms with Crippen LogP contribution >= 0.6 is 0 Å². The Labute approximate surface area is 163 Å². The number of piperazine rings is 1. The number of nitrogens with one attached hydrogen (secondary N) is 1. The van der Waals surface area contributed by atoms with Gasteiger partial charge in [0.15, 0.2) is 6.04 Å². The summed E-state index contributed by atoms with van der Waals surface area (Å²) >= 11 is 0. The second kappa shape index (κ2) is 7.59. The number of carbonyl (C=O) groups is 2. The fourth-order valence-electron chi connectivity index (χ4n) is 4.01. The van der Waals surface area contributed by atoms with Gasteiger partial charge in [-0.25, -0.2) is 9.29 Å². The molecule has 0 aromatic heterocycles. The second-order valence-electron chi connectivity index (χ2n) is 7.14. The van der Waals surface area contributed by atoms with E-state index < -0.39 is 0 Å². The second-order valence-corrected chi connectivity index (χ2v) is 7.14. The van der Waals surface area contributed by atoms with E-state index in [-0.39, 0.29) is 30.1 Å². The quantitative estimate of drug-likeness (QED) is 0.795. The number of nitrogens with zero attached hydrogens (tertiary/aromatic N) is 2. The van der Waals surface area contributed by atoms with Crippen LogP contribution in [0, 0.1) is 5.82 Å². The first kappa shape index (κ1) is 18.4. The zero-order valence-electron chi connectivity index (χ0n) is 15.7. The van der Waals surface area contributed by atoms with E-state index in [1.54, 1.807) is 43.5 Å². The molecule has 2 aromatic rings. The van der Waals surface area contributed by atoms with E-state index in [1.165, 1.54) is 17.0 Å². The Hall–Kier alpha value is -2.93. The number of hydrogen-bond acceptors (Lipinski definition) is 4. The number of benzene rings is 2. The average Bonchev–Trinajstić information content (AvgIpc) is 3.03. The van der Waals surface area contributed by atoms with Crippen LogP contribution in [0.4, 0.5) is 15.8 Å². The number of anilines is 2. The van der Waals surface area contributed by atoms with E-state index in [0.29, 0.717) is 11.4 Å². The Bertz CT molecular complexity index is 861. The molecule has 0 bridgehead atoms. The summed E-state index contributed by atoms with van der Waals surface area (Å²) in [6, 6.07) is 13.1. The van der Waals surface area contributed by atoms with Gasteiger partial charge in [-0.2, -0.15) is 0 Å². The standard InChI is InChI=1S/C21H22FN3O3/c1-28-18-8-6-17(7-9-18)25-20(26)14-19(21(25)27)24-12-10-23(11-13-24)16-4-2-15(22)3-5-16/h2-9,19H,10-14H2,1H3/p+1/t19-/m1/s1. The predicted octanol–water partition coefficient (Wildman–Crippen LogP) is 0.871. The molecule has 0 unspecified atom stereocenters. The van der Waals surface area contributed by atoms with E-state index >= 15 is 0 Å². The third-order valence-electron chi connectivity index (χ3n) is 5.57. The highest BCUT2D eigenvalue weighted by Crippen LogP contribution is 2.24. The van der Waals surface area contributed by atoms with Crippen molar-refractivity contribution in [3.05, 3.63) is 54.3 Å². The van der Waals surface area contributed by atoms with Crippen molar-refractivity contribution in [3.8, 4) is 5.75 Å². The lowest BCUT2D eigenvalue weighted by atomic mass is 10.1. The van der Waals surface area contributed by atoms with Crippen molar-refractivity contribution >= 4 is 23.2 Å². The lowest BCUT2D eigenvalue weighted by Gasteiger charge is -2.35. The van der Waals surface area contributed by atoms with Gasteiger partial charge in [0.1, 0.15) is 11.6 Å². The molecule has 2 saturated heterocycles. The average molecular weight is 384 g/mol. The highest BCUT2D eigenvalue weighted by Gasteiger charge is 2.46. The van der Waals surface area contributed by atoms with Gasteiger partial charge in [0.25, 0.3) is 5.91 Å². The van der Waals surface area contributed by atoms with Crippen molar-refractivity contribution in [3.63, 3.8) is 0 Å². The number of imide groups is 1. The van der Waals surface area contributed by atoms with Gasteiger partial charge in [-0.15, -0.1) is 0 Å². The molecule has 2 aliphatic rings. The minimum Gasteiger partial charge on any atom is -0.497 e. The molecule has 146 valence electrons. The summed E-state index contributed by atoms with van der Waals surface area (Å²) in [5.41, 5.74) is 1.57. The molecule has 2 fully saturated rings. The van der Waals surface area contributed by atoms with Gasteiger partial charge in [-0.05, 0) is 48.5 Å². The first-order chi connectivity index (χ1) is 13.6. The van der Waals surface area contributed by atoms with E-state index in [2.05, 4.69) is 4.90 Å². The van der Waals surface area contributed by atoms with Crippen molar-refractivity contribution in [2.24, 2.45) is 0 Å². The normalized spacial score (nSPS) is 20.7. The summed E-state index contributed by atoms with van der Waals surface area (Å²) in [7, 11) is 1.58. The zero-order chi connectivity index (χ0) is 19.7. The molecule has 7 heteroatoms. The molecular formula is C21H23FN3O3+. The SMILES string of the molecule is COc1ccc(N2C(=O)C[C@@H]([NH+]3CCN(c4ccc(F)cc4)CC3)C2=O)cc1. The van der Waals surface area contributed by atoms with Crippen LogP contribution in [0.2, 0.25) is 0 Å². The monoisotopic (exact) mass is 384 g/mol. The molecule has 28 heavy (non-hydrogen) atoms. The molecule has 2 amide bonds. The largest absolute Gasteiger partial charge is 0.497 e. The fraction of sp³-hybridized carbons (Fsp3) is 0.333. The highest BCUT2D eigenvalue weighted by atomic mass is 19.1. The molecule has 2 heterocycles. The molecular weight excluding hydrogens is 361 g/mol. The Morgan fingerprint density at radius 3 is 2.18 bits per heavy atom. The van der Waals surface area contributed by atoms with Crippen LogP contribution in [0.5, 0.6) is 5.75 Å². The van der Waals surface area contributed by atoms with Gasteiger partial charge in [0.2, 0.25) is 5.91 Å². The van der Waals surface area contributed by atoms with Gasteiger partial charge in [0.05, 0.1) is 45.4 Å². The third-order valence-corrected chi connectivity index (χ3v) is 5.57. The van der Waals surface area contributed by atoms with Gasteiger partial charge in [-0.1, -0.05) is 0 Å². The molecule has 0 saturated carbocycles. The van der Waals surface area contributed by atoms with Crippen LogP contribution in [0.1, 0.15) is 6.42 Å². The number of amides is 2. The number of halogens is 1. The first-order valence-corrected chi connectivity index (χ1v) is 9.43.